The first-order valence-corrected chi connectivity index (χ1v) is 14.3. The highest BCUT2D eigenvalue weighted by molar-refractivity contribution is 6.76. The molecule has 1 amide bonds. The Morgan fingerprint density at radius 1 is 1.19 bits per heavy atom. The Morgan fingerprint density at radius 3 is 2.48 bits per heavy atom. The van der Waals surface area contributed by atoms with Crippen LogP contribution in [-0.2, 0) is 23.7 Å². The molecule has 0 spiro atoms. The molecule has 1 aliphatic heterocycles. The molecule has 1 aliphatic rings. The molecule has 1 aromatic carbocycles. The molecular weight excluding hydrogens is 414 g/mol. The van der Waals surface area contributed by atoms with Crippen molar-refractivity contribution in [2.45, 2.75) is 70.9 Å². The average Bonchev–Trinajstić information content (AvgIpc) is 2.66. The molecule has 0 unspecified atom stereocenters. The molecule has 0 saturated carbocycles. The molecule has 31 heavy (non-hydrogen) atoms. The molecule has 1 N–H and O–H groups in total. The first kappa shape index (κ1) is 25.1. The molecule has 1 heterocycles. The Morgan fingerprint density at radius 2 is 1.87 bits per heavy atom. The number of rotatable bonds is 7. The van der Waals surface area contributed by atoms with Crippen LogP contribution in [0.5, 0.6) is 0 Å². The molecule has 7 nitrogen and oxygen atoms in total. The van der Waals surface area contributed by atoms with Gasteiger partial charge in [0.15, 0.2) is 6.29 Å². The van der Waals surface area contributed by atoms with Crippen LogP contribution in [0.2, 0.25) is 25.7 Å². The van der Waals surface area contributed by atoms with Gasteiger partial charge >= 0.3 is 12.1 Å². The molecule has 0 radical (unpaired) electrons. The molecule has 2 atom stereocenters. The van der Waals surface area contributed by atoms with E-state index < -0.39 is 38.1 Å². The van der Waals surface area contributed by atoms with Crippen molar-refractivity contribution < 1.29 is 28.5 Å². The number of hydrogen-bond donors (Lipinski definition) is 1. The van der Waals surface area contributed by atoms with E-state index in [4.69, 9.17) is 18.9 Å². The van der Waals surface area contributed by atoms with Gasteiger partial charge in [-0.05, 0) is 32.9 Å². The van der Waals surface area contributed by atoms with E-state index >= 15 is 0 Å². The van der Waals surface area contributed by atoms with Gasteiger partial charge in [-0.1, -0.05) is 50.0 Å². The highest BCUT2D eigenvalue weighted by Gasteiger charge is 2.27. The summed E-state index contributed by atoms with van der Waals surface area (Å²) in [6.45, 7) is 12.7. The zero-order valence-electron chi connectivity index (χ0n) is 19.4. The van der Waals surface area contributed by atoms with E-state index in [0.29, 0.717) is 19.6 Å². The maximum Gasteiger partial charge on any atom is 0.412 e. The molecule has 172 valence electrons. The first-order valence-electron chi connectivity index (χ1n) is 10.6. The predicted molar refractivity (Wildman–Crippen MR) is 121 cm³/mol. The van der Waals surface area contributed by atoms with E-state index in [-0.39, 0.29) is 5.70 Å². The van der Waals surface area contributed by atoms with E-state index in [9.17, 15) is 9.59 Å². The van der Waals surface area contributed by atoms with Gasteiger partial charge < -0.3 is 18.9 Å². The van der Waals surface area contributed by atoms with Crippen molar-refractivity contribution in [3.8, 4) is 0 Å². The number of carbonyl (C=O) groups excluding carboxylic acids is 2. The summed E-state index contributed by atoms with van der Waals surface area (Å²) in [7, 11) is -1.36. The van der Waals surface area contributed by atoms with Crippen LogP contribution in [0, 0.1) is 0 Å². The molecule has 0 aromatic heterocycles. The quantitative estimate of drug-likeness (QED) is 0.366. The summed E-state index contributed by atoms with van der Waals surface area (Å²) >= 11 is 0. The maximum atomic E-state index is 12.7. The lowest BCUT2D eigenvalue weighted by molar-refractivity contribution is -0.205. The summed E-state index contributed by atoms with van der Waals surface area (Å²) in [6, 6.07) is 10.4. The first-order chi connectivity index (χ1) is 14.4. The van der Waals surface area contributed by atoms with E-state index in [1.54, 1.807) is 26.8 Å². The van der Waals surface area contributed by atoms with Crippen molar-refractivity contribution in [3.63, 3.8) is 0 Å². The topological polar surface area (TPSA) is 83.1 Å². The van der Waals surface area contributed by atoms with Crippen molar-refractivity contribution in [3.05, 3.63) is 47.7 Å². The largest absolute Gasteiger partial charge is 0.461 e. The van der Waals surface area contributed by atoms with E-state index in [1.807, 2.05) is 30.3 Å². The zero-order valence-corrected chi connectivity index (χ0v) is 20.4. The van der Waals surface area contributed by atoms with Crippen molar-refractivity contribution in [2.75, 3.05) is 13.2 Å². The molecule has 2 rings (SSSR count). The Kier molecular flexibility index (Phi) is 8.85. The molecule has 8 heteroatoms. The number of nitrogens with one attached hydrogen (secondary N) is 1. The number of carbonyl (C=O) groups is 2. The Bertz CT molecular complexity index is 767. The van der Waals surface area contributed by atoms with Crippen LogP contribution in [-0.4, -0.2) is 45.1 Å². The van der Waals surface area contributed by atoms with Gasteiger partial charge in [0.05, 0.1) is 19.3 Å². The number of amides is 1. The van der Waals surface area contributed by atoms with Crippen LogP contribution in [0.4, 0.5) is 4.79 Å². The average molecular weight is 450 g/mol. The van der Waals surface area contributed by atoms with E-state index in [2.05, 4.69) is 25.0 Å². The van der Waals surface area contributed by atoms with Gasteiger partial charge in [0, 0.05) is 20.1 Å². The van der Waals surface area contributed by atoms with Crippen LogP contribution in [0.1, 0.15) is 39.0 Å². The minimum absolute atomic E-state index is 0.0172. The summed E-state index contributed by atoms with van der Waals surface area (Å²) in [5, 5.41) is 2.54. The minimum Gasteiger partial charge on any atom is -0.461 e. The van der Waals surface area contributed by atoms with Gasteiger partial charge in [-0.25, -0.2) is 9.59 Å². The van der Waals surface area contributed by atoms with Gasteiger partial charge in [0.2, 0.25) is 0 Å². The second-order valence-electron chi connectivity index (χ2n) is 9.73. The number of benzene rings is 1. The lowest BCUT2D eigenvalue weighted by atomic mass is 10.1. The molecule has 0 aliphatic carbocycles. The van der Waals surface area contributed by atoms with Gasteiger partial charge in [0.1, 0.15) is 11.3 Å². The second kappa shape index (κ2) is 10.9. The standard InChI is InChI=1S/C23H35NO6Si/c1-23(2,3)30-22(26)24-19(20(25)27-14-15-31(4,5)6)16-18-12-13-28-21(29-18)17-10-8-7-9-11-17/h7-11,16,18,21H,12-15H2,1-6H3,(H,24,26)/b19-16-/t18-,21-/m0/s1. The van der Waals surface area contributed by atoms with Gasteiger partial charge in [0.25, 0.3) is 0 Å². The Labute approximate surface area is 186 Å². The van der Waals surface area contributed by atoms with Crippen LogP contribution in [0.3, 0.4) is 0 Å². The lowest BCUT2D eigenvalue weighted by Gasteiger charge is -2.29. The third kappa shape index (κ3) is 9.67. The molecule has 1 aromatic rings. The van der Waals surface area contributed by atoms with Gasteiger partial charge in [-0.2, -0.15) is 0 Å². The highest BCUT2D eigenvalue weighted by atomic mass is 28.3. The smallest absolute Gasteiger partial charge is 0.412 e. The van der Waals surface area contributed by atoms with Gasteiger partial charge in [-0.15, -0.1) is 0 Å². The fraction of sp³-hybridized carbons (Fsp3) is 0.565. The summed E-state index contributed by atoms with van der Waals surface area (Å²) in [6.07, 6.45) is 0.451. The predicted octanol–water partition coefficient (Wildman–Crippen LogP) is 4.78. The zero-order chi connectivity index (χ0) is 23.1. The fourth-order valence-electron chi connectivity index (χ4n) is 2.75. The van der Waals surface area contributed by atoms with Gasteiger partial charge in [-0.3, -0.25) is 5.32 Å². The number of esters is 1. The number of ether oxygens (including phenoxy) is 4. The Hall–Kier alpha value is -2.16. The highest BCUT2D eigenvalue weighted by Crippen LogP contribution is 2.27. The van der Waals surface area contributed by atoms with Crippen molar-refractivity contribution >= 4 is 20.1 Å². The minimum atomic E-state index is -1.36. The second-order valence-corrected chi connectivity index (χ2v) is 15.4. The Balaban J connectivity index is 2.12. The summed E-state index contributed by atoms with van der Waals surface area (Å²) < 4.78 is 22.4. The number of alkyl carbamates (subject to hydrolysis) is 1. The van der Waals surface area contributed by atoms with Crippen molar-refractivity contribution in [2.24, 2.45) is 0 Å². The lowest BCUT2D eigenvalue weighted by Crippen LogP contribution is -2.36. The van der Waals surface area contributed by atoms with Crippen LogP contribution < -0.4 is 5.32 Å². The molecule has 0 bridgehead atoms. The summed E-state index contributed by atoms with van der Waals surface area (Å²) in [5.41, 5.74) is 0.216. The van der Waals surface area contributed by atoms with Crippen LogP contribution >= 0.6 is 0 Å². The normalized spacial score (nSPS) is 20.1. The van der Waals surface area contributed by atoms with Crippen LogP contribution in [0.25, 0.3) is 0 Å². The number of hydrogen-bond acceptors (Lipinski definition) is 6. The molecule has 1 fully saturated rings. The summed E-state index contributed by atoms with van der Waals surface area (Å²) in [4.78, 5) is 25.0. The summed E-state index contributed by atoms with van der Waals surface area (Å²) in [5.74, 6) is -0.601. The van der Waals surface area contributed by atoms with Crippen LogP contribution in [0.15, 0.2) is 42.1 Å². The van der Waals surface area contributed by atoms with Crippen molar-refractivity contribution in [1.29, 1.82) is 0 Å². The fourth-order valence-corrected chi connectivity index (χ4v) is 3.47. The monoisotopic (exact) mass is 449 g/mol. The third-order valence-electron chi connectivity index (χ3n) is 4.34. The third-order valence-corrected chi connectivity index (χ3v) is 6.04. The molecular formula is C23H35NO6Si. The molecule has 1 saturated heterocycles. The van der Waals surface area contributed by atoms with E-state index in [1.165, 1.54) is 0 Å². The maximum absolute atomic E-state index is 12.7. The SMILES string of the molecule is CC(C)(C)OC(=O)N/C(=C\[C@@H]1CCO[C@H](c2ccccc2)O1)C(=O)OCC[Si](C)(C)C. The van der Waals surface area contributed by atoms with E-state index in [0.717, 1.165) is 11.6 Å². The van der Waals surface area contributed by atoms with Crippen molar-refractivity contribution in [1.82, 2.24) is 5.32 Å².